The molecule has 0 saturated carbocycles. The molecule has 0 spiro atoms. The second kappa shape index (κ2) is 6.25. The zero-order valence-corrected chi connectivity index (χ0v) is 11.1. The van der Waals surface area contributed by atoms with Gasteiger partial charge >= 0.3 is 6.18 Å². The van der Waals surface area contributed by atoms with Crippen molar-refractivity contribution in [2.45, 2.75) is 32.9 Å². The first-order valence-electron chi connectivity index (χ1n) is 6.31. The van der Waals surface area contributed by atoms with Crippen molar-refractivity contribution in [3.05, 3.63) is 0 Å². The van der Waals surface area contributed by atoms with E-state index in [9.17, 15) is 22.8 Å². The second-order valence-corrected chi connectivity index (χ2v) is 5.26. The zero-order valence-electron chi connectivity index (χ0n) is 11.1. The molecule has 0 aliphatic carbocycles. The van der Waals surface area contributed by atoms with Gasteiger partial charge in [-0.25, -0.2) is 0 Å². The zero-order chi connectivity index (χ0) is 14.6. The first-order chi connectivity index (χ1) is 8.69. The minimum atomic E-state index is -4.42. The van der Waals surface area contributed by atoms with Crippen molar-refractivity contribution < 1.29 is 22.8 Å². The summed E-state index contributed by atoms with van der Waals surface area (Å²) in [6.45, 7) is 3.08. The highest BCUT2D eigenvalue weighted by Crippen LogP contribution is 2.23. The standard InChI is InChI=1S/C12H19F3N2O2/c1-8(2)3-4-16-11(19)9-5-10(18)17(6-9)7-12(13,14)15/h8-9H,3-7H2,1-2H3,(H,16,19)/t9-/m1/s1. The number of halogens is 3. The lowest BCUT2D eigenvalue weighted by atomic mass is 10.1. The van der Waals surface area contributed by atoms with Crippen LogP contribution in [0, 0.1) is 11.8 Å². The lowest BCUT2D eigenvalue weighted by molar-refractivity contribution is -0.157. The molecular weight excluding hydrogens is 261 g/mol. The molecule has 1 saturated heterocycles. The van der Waals surface area contributed by atoms with Gasteiger partial charge in [-0.15, -0.1) is 0 Å². The van der Waals surface area contributed by atoms with E-state index in [1.807, 2.05) is 13.8 Å². The molecule has 19 heavy (non-hydrogen) atoms. The minimum absolute atomic E-state index is 0.135. The molecule has 1 fully saturated rings. The van der Waals surface area contributed by atoms with Gasteiger partial charge in [0.1, 0.15) is 6.54 Å². The quantitative estimate of drug-likeness (QED) is 0.831. The molecule has 1 heterocycles. The number of likely N-dealkylation sites (tertiary alicyclic amines) is 1. The lowest BCUT2D eigenvalue weighted by Crippen LogP contribution is -2.37. The van der Waals surface area contributed by atoms with E-state index in [0.717, 1.165) is 6.42 Å². The Morgan fingerprint density at radius 2 is 2.11 bits per heavy atom. The fourth-order valence-electron chi connectivity index (χ4n) is 1.95. The molecular formula is C12H19F3N2O2. The summed E-state index contributed by atoms with van der Waals surface area (Å²) in [5.41, 5.74) is 0. The van der Waals surface area contributed by atoms with Crippen molar-refractivity contribution in [3.63, 3.8) is 0 Å². The van der Waals surface area contributed by atoms with E-state index in [2.05, 4.69) is 5.32 Å². The van der Waals surface area contributed by atoms with Crippen molar-refractivity contribution in [1.29, 1.82) is 0 Å². The molecule has 1 N–H and O–H groups in total. The minimum Gasteiger partial charge on any atom is -0.356 e. The Kier molecular flexibility index (Phi) is 5.20. The molecule has 2 amide bonds. The van der Waals surface area contributed by atoms with Crippen LogP contribution in [-0.4, -0.2) is 42.5 Å². The molecule has 4 nitrogen and oxygen atoms in total. The van der Waals surface area contributed by atoms with Gasteiger partial charge in [0.25, 0.3) is 0 Å². The molecule has 0 radical (unpaired) electrons. The van der Waals surface area contributed by atoms with Gasteiger partial charge in [-0.3, -0.25) is 9.59 Å². The average molecular weight is 280 g/mol. The topological polar surface area (TPSA) is 49.4 Å². The Balaban J connectivity index is 2.41. The highest BCUT2D eigenvalue weighted by Gasteiger charge is 2.40. The van der Waals surface area contributed by atoms with Crippen LogP contribution in [0.5, 0.6) is 0 Å². The number of hydrogen-bond donors (Lipinski definition) is 1. The molecule has 7 heteroatoms. The SMILES string of the molecule is CC(C)CCNC(=O)[C@@H]1CC(=O)N(CC(F)(F)F)C1. The fraction of sp³-hybridized carbons (Fsp3) is 0.833. The van der Waals surface area contributed by atoms with Gasteiger partial charge in [0.05, 0.1) is 5.92 Å². The molecule has 0 bridgehead atoms. The van der Waals surface area contributed by atoms with Crippen LogP contribution >= 0.6 is 0 Å². The van der Waals surface area contributed by atoms with E-state index in [1.54, 1.807) is 0 Å². The summed E-state index contributed by atoms with van der Waals surface area (Å²) in [5.74, 6) is -1.17. The van der Waals surface area contributed by atoms with Crippen LogP contribution in [0.15, 0.2) is 0 Å². The number of alkyl halides is 3. The largest absolute Gasteiger partial charge is 0.406 e. The first kappa shape index (κ1) is 15.8. The Labute approximate surface area is 110 Å². The molecule has 1 aliphatic rings. The van der Waals surface area contributed by atoms with E-state index >= 15 is 0 Å². The Hall–Kier alpha value is -1.27. The van der Waals surface area contributed by atoms with Crippen LogP contribution in [0.2, 0.25) is 0 Å². The molecule has 1 atom stereocenters. The van der Waals surface area contributed by atoms with E-state index in [1.165, 1.54) is 0 Å². The summed E-state index contributed by atoms with van der Waals surface area (Å²) in [6.07, 6.45) is -3.75. The van der Waals surface area contributed by atoms with Gasteiger partial charge in [0.2, 0.25) is 11.8 Å². The van der Waals surface area contributed by atoms with Crippen molar-refractivity contribution >= 4 is 11.8 Å². The average Bonchev–Trinajstić information content (AvgIpc) is 2.57. The highest BCUT2D eigenvalue weighted by atomic mass is 19.4. The number of carbonyl (C=O) groups is 2. The van der Waals surface area contributed by atoms with Crippen LogP contribution in [0.3, 0.4) is 0 Å². The number of hydrogen-bond acceptors (Lipinski definition) is 2. The molecule has 110 valence electrons. The Morgan fingerprint density at radius 1 is 1.47 bits per heavy atom. The first-order valence-corrected chi connectivity index (χ1v) is 6.31. The monoisotopic (exact) mass is 280 g/mol. The maximum atomic E-state index is 12.2. The number of amides is 2. The van der Waals surface area contributed by atoms with Crippen LogP contribution in [0.25, 0.3) is 0 Å². The van der Waals surface area contributed by atoms with Gasteiger partial charge in [0, 0.05) is 19.5 Å². The number of nitrogens with one attached hydrogen (secondary N) is 1. The van der Waals surface area contributed by atoms with Crippen LogP contribution in [0.1, 0.15) is 26.7 Å². The molecule has 0 aromatic carbocycles. The lowest BCUT2D eigenvalue weighted by Gasteiger charge is -2.18. The molecule has 0 unspecified atom stereocenters. The van der Waals surface area contributed by atoms with Gasteiger partial charge in [0.15, 0.2) is 0 Å². The third kappa shape index (κ3) is 5.48. The summed E-state index contributed by atoms with van der Waals surface area (Å²) in [7, 11) is 0. The molecule has 1 rings (SSSR count). The summed E-state index contributed by atoms with van der Waals surface area (Å²) < 4.78 is 36.6. The second-order valence-electron chi connectivity index (χ2n) is 5.26. The van der Waals surface area contributed by atoms with Crippen molar-refractivity contribution in [2.24, 2.45) is 11.8 Å². The predicted molar refractivity (Wildman–Crippen MR) is 63.2 cm³/mol. The molecule has 0 aromatic rings. The van der Waals surface area contributed by atoms with E-state index in [0.29, 0.717) is 17.4 Å². The van der Waals surface area contributed by atoms with Gasteiger partial charge in [-0.05, 0) is 12.3 Å². The fourth-order valence-corrected chi connectivity index (χ4v) is 1.95. The van der Waals surface area contributed by atoms with Gasteiger partial charge < -0.3 is 10.2 Å². The molecule has 0 aromatic heterocycles. The van der Waals surface area contributed by atoms with Gasteiger partial charge in [-0.2, -0.15) is 13.2 Å². The predicted octanol–water partition coefficient (Wildman–Crippen LogP) is 1.56. The van der Waals surface area contributed by atoms with Crippen LogP contribution in [-0.2, 0) is 9.59 Å². The summed E-state index contributed by atoms with van der Waals surface area (Å²) >= 11 is 0. The smallest absolute Gasteiger partial charge is 0.356 e. The van der Waals surface area contributed by atoms with Crippen molar-refractivity contribution in [3.8, 4) is 0 Å². The highest BCUT2D eigenvalue weighted by molar-refractivity contribution is 5.89. The summed E-state index contributed by atoms with van der Waals surface area (Å²) in [5, 5.41) is 2.66. The molecule has 1 aliphatic heterocycles. The third-order valence-electron chi connectivity index (χ3n) is 2.98. The number of rotatable bonds is 5. The number of carbonyl (C=O) groups excluding carboxylic acids is 2. The van der Waals surface area contributed by atoms with Crippen molar-refractivity contribution in [2.75, 3.05) is 19.6 Å². The normalized spacial score (nSPS) is 20.2. The third-order valence-corrected chi connectivity index (χ3v) is 2.98. The van der Waals surface area contributed by atoms with E-state index < -0.39 is 24.5 Å². The van der Waals surface area contributed by atoms with E-state index in [-0.39, 0.29) is 18.9 Å². The summed E-state index contributed by atoms with van der Waals surface area (Å²) in [6, 6.07) is 0. The van der Waals surface area contributed by atoms with Crippen LogP contribution < -0.4 is 5.32 Å². The Bertz CT molecular complexity index is 342. The maximum Gasteiger partial charge on any atom is 0.406 e. The van der Waals surface area contributed by atoms with E-state index in [4.69, 9.17) is 0 Å². The van der Waals surface area contributed by atoms with Crippen molar-refractivity contribution in [1.82, 2.24) is 10.2 Å². The number of nitrogens with zero attached hydrogens (tertiary/aromatic N) is 1. The van der Waals surface area contributed by atoms with Gasteiger partial charge in [-0.1, -0.05) is 13.8 Å². The van der Waals surface area contributed by atoms with Crippen LogP contribution in [0.4, 0.5) is 13.2 Å². The summed E-state index contributed by atoms with van der Waals surface area (Å²) in [4.78, 5) is 23.8. The Morgan fingerprint density at radius 3 is 2.63 bits per heavy atom. The maximum absolute atomic E-state index is 12.2.